The van der Waals surface area contributed by atoms with Gasteiger partial charge in [-0.1, -0.05) is 48.0 Å². The molecule has 3 aromatic carbocycles. The molecule has 0 spiro atoms. The van der Waals surface area contributed by atoms with Crippen LogP contribution in [0.4, 0.5) is 5.69 Å². The van der Waals surface area contributed by atoms with Crippen LogP contribution in [-0.2, 0) is 4.79 Å². The highest BCUT2D eigenvalue weighted by Gasteiger charge is 2.13. The Labute approximate surface area is 166 Å². The van der Waals surface area contributed by atoms with E-state index in [1.165, 1.54) is 6.92 Å². The van der Waals surface area contributed by atoms with E-state index in [4.69, 9.17) is 16.3 Å². The van der Waals surface area contributed by atoms with E-state index in [2.05, 4.69) is 15.5 Å². The van der Waals surface area contributed by atoms with E-state index in [1.54, 1.807) is 24.3 Å². The molecule has 0 unspecified atom stereocenters. The Morgan fingerprint density at radius 1 is 0.929 bits per heavy atom. The number of carbonyl (C=O) groups excluding carboxylic acids is 1. The van der Waals surface area contributed by atoms with Crippen LogP contribution in [0.3, 0.4) is 0 Å². The van der Waals surface area contributed by atoms with Crippen molar-refractivity contribution in [1.82, 2.24) is 10.2 Å². The average Bonchev–Trinajstić information content (AvgIpc) is 2.69. The van der Waals surface area contributed by atoms with E-state index >= 15 is 0 Å². The van der Waals surface area contributed by atoms with Crippen LogP contribution < -0.4 is 10.1 Å². The third-order valence-corrected chi connectivity index (χ3v) is 4.39. The predicted molar refractivity (Wildman–Crippen MR) is 111 cm³/mol. The van der Waals surface area contributed by atoms with Crippen LogP contribution in [0.25, 0.3) is 22.0 Å². The second kappa shape index (κ2) is 7.66. The van der Waals surface area contributed by atoms with E-state index in [-0.39, 0.29) is 5.91 Å². The molecule has 0 saturated heterocycles. The summed E-state index contributed by atoms with van der Waals surface area (Å²) in [5.41, 5.74) is 2.33. The molecule has 5 nitrogen and oxygen atoms in total. The molecule has 4 rings (SSSR count). The summed E-state index contributed by atoms with van der Waals surface area (Å²) in [7, 11) is 0. The van der Waals surface area contributed by atoms with Gasteiger partial charge in [-0.2, -0.15) is 0 Å². The van der Waals surface area contributed by atoms with Gasteiger partial charge in [0.25, 0.3) is 0 Å². The van der Waals surface area contributed by atoms with Crippen molar-refractivity contribution in [3.05, 3.63) is 77.8 Å². The highest BCUT2D eigenvalue weighted by Crippen LogP contribution is 2.33. The van der Waals surface area contributed by atoms with Gasteiger partial charge in [-0.05, 0) is 30.3 Å². The second-order valence-corrected chi connectivity index (χ2v) is 6.65. The standard InChI is InChI=1S/C22H16ClN3O2/c1-14(27)24-17-5-4-6-18(13-17)28-22-20-8-3-2-7-19(20)21(25-26-22)15-9-11-16(23)12-10-15/h2-13H,1H3,(H,24,27). The number of halogens is 1. The normalized spacial score (nSPS) is 10.6. The van der Waals surface area contributed by atoms with Gasteiger partial charge in [0.1, 0.15) is 11.4 Å². The molecule has 0 saturated carbocycles. The zero-order valence-electron chi connectivity index (χ0n) is 15.0. The summed E-state index contributed by atoms with van der Waals surface area (Å²) < 4.78 is 5.98. The molecule has 4 aromatic rings. The maximum Gasteiger partial charge on any atom is 0.246 e. The third-order valence-electron chi connectivity index (χ3n) is 4.14. The van der Waals surface area contributed by atoms with Crippen molar-refractivity contribution >= 4 is 34.0 Å². The number of hydrogen-bond acceptors (Lipinski definition) is 4. The molecule has 0 aliphatic heterocycles. The third kappa shape index (κ3) is 3.80. The second-order valence-electron chi connectivity index (χ2n) is 6.22. The number of aromatic nitrogens is 2. The van der Waals surface area contributed by atoms with Crippen molar-refractivity contribution in [1.29, 1.82) is 0 Å². The lowest BCUT2D eigenvalue weighted by Crippen LogP contribution is -2.05. The molecule has 1 amide bonds. The Hall–Kier alpha value is -3.44. The fraction of sp³-hybridized carbons (Fsp3) is 0.0455. The number of nitrogens with one attached hydrogen (secondary N) is 1. The largest absolute Gasteiger partial charge is 0.437 e. The molecule has 0 aliphatic carbocycles. The molecular weight excluding hydrogens is 374 g/mol. The summed E-state index contributed by atoms with van der Waals surface area (Å²) in [5, 5.41) is 13.9. The van der Waals surface area contributed by atoms with Gasteiger partial charge >= 0.3 is 0 Å². The van der Waals surface area contributed by atoms with E-state index in [0.29, 0.717) is 22.3 Å². The first-order valence-corrected chi connectivity index (χ1v) is 9.05. The van der Waals surface area contributed by atoms with Gasteiger partial charge in [-0.15, -0.1) is 10.2 Å². The Balaban J connectivity index is 1.74. The smallest absolute Gasteiger partial charge is 0.246 e. The monoisotopic (exact) mass is 389 g/mol. The van der Waals surface area contributed by atoms with Gasteiger partial charge < -0.3 is 10.1 Å². The van der Waals surface area contributed by atoms with Crippen molar-refractivity contribution in [2.45, 2.75) is 6.92 Å². The van der Waals surface area contributed by atoms with Crippen molar-refractivity contribution in [2.75, 3.05) is 5.32 Å². The van der Waals surface area contributed by atoms with Crippen molar-refractivity contribution < 1.29 is 9.53 Å². The molecule has 0 aliphatic rings. The number of ether oxygens (including phenoxy) is 1. The number of hydrogen-bond donors (Lipinski definition) is 1. The van der Waals surface area contributed by atoms with Gasteiger partial charge in [0, 0.05) is 40.0 Å². The molecule has 138 valence electrons. The molecule has 0 fully saturated rings. The fourth-order valence-electron chi connectivity index (χ4n) is 2.93. The fourth-order valence-corrected chi connectivity index (χ4v) is 3.05. The van der Waals surface area contributed by atoms with E-state index in [9.17, 15) is 4.79 Å². The first-order valence-electron chi connectivity index (χ1n) is 8.67. The lowest BCUT2D eigenvalue weighted by Gasteiger charge is -2.11. The van der Waals surface area contributed by atoms with Crippen molar-refractivity contribution in [2.24, 2.45) is 0 Å². The minimum Gasteiger partial charge on any atom is -0.437 e. The summed E-state index contributed by atoms with van der Waals surface area (Å²) in [6.07, 6.45) is 0. The molecule has 6 heteroatoms. The highest BCUT2D eigenvalue weighted by atomic mass is 35.5. The van der Waals surface area contributed by atoms with Crippen LogP contribution in [0.2, 0.25) is 5.02 Å². The maximum absolute atomic E-state index is 11.3. The summed E-state index contributed by atoms with van der Waals surface area (Å²) >= 11 is 5.99. The molecule has 1 N–H and O–H groups in total. The van der Waals surface area contributed by atoms with Crippen molar-refractivity contribution in [3.8, 4) is 22.9 Å². The summed E-state index contributed by atoms with van der Waals surface area (Å²) in [4.78, 5) is 11.3. The van der Waals surface area contributed by atoms with Crippen molar-refractivity contribution in [3.63, 3.8) is 0 Å². The minimum absolute atomic E-state index is 0.144. The van der Waals surface area contributed by atoms with Gasteiger partial charge in [0.2, 0.25) is 11.8 Å². The van der Waals surface area contributed by atoms with Crippen LogP contribution in [0, 0.1) is 0 Å². The molecule has 0 atom stereocenters. The number of nitrogens with zero attached hydrogens (tertiary/aromatic N) is 2. The Kier molecular flexibility index (Phi) is 4.91. The lowest BCUT2D eigenvalue weighted by molar-refractivity contribution is -0.114. The van der Waals surface area contributed by atoms with Gasteiger partial charge in [-0.25, -0.2) is 0 Å². The predicted octanol–water partition coefficient (Wildman–Crippen LogP) is 5.70. The summed E-state index contributed by atoms with van der Waals surface area (Å²) in [6.45, 7) is 1.46. The number of fused-ring (bicyclic) bond motifs is 1. The van der Waals surface area contributed by atoms with Gasteiger partial charge in [0.15, 0.2) is 0 Å². The van der Waals surface area contributed by atoms with E-state index in [1.807, 2.05) is 48.5 Å². The summed E-state index contributed by atoms with van der Waals surface area (Å²) in [5.74, 6) is 0.813. The van der Waals surface area contributed by atoms with Gasteiger partial charge in [0.05, 0.1) is 0 Å². The summed E-state index contributed by atoms with van der Waals surface area (Å²) in [6, 6.07) is 22.4. The maximum atomic E-state index is 11.3. The SMILES string of the molecule is CC(=O)Nc1cccc(Oc2nnc(-c3ccc(Cl)cc3)c3ccccc23)c1. The number of anilines is 1. The van der Waals surface area contributed by atoms with E-state index in [0.717, 1.165) is 22.0 Å². The Morgan fingerprint density at radius 2 is 1.68 bits per heavy atom. The highest BCUT2D eigenvalue weighted by molar-refractivity contribution is 6.30. The molecule has 1 aromatic heterocycles. The first-order chi connectivity index (χ1) is 13.6. The van der Waals surface area contributed by atoms with Crippen LogP contribution in [0.15, 0.2) is 72.8 Å². The first kappa shape index (κ1) is 17.9. The lowest BCUT2D eigenvalue weighted by atomic mass is 10.1. The number of carbonyl (C=O) groups is 1. The Bertz CT molecular complexity index is 1160. The zero-order chi connectivity index (χ0) is 19.5. The molecule has 28 heavy (non-hydrogen) atoms. The average molecular weight is 390 g/mol. The molecular formula is C22H16ClN3O2. The zero-order valence-corrected chi connectivity index (χ0v) is 15.8. The Morgan fingerprint density at radius 3 is 2.43 bits per heavy atom. The van der Waals surface area contributed by atoms with Gasteiger partial charge in [-0.3, -0.25) is 4.79 Å². The number of benzene rings is 3. The topological polar surface area (TPSA) is 64.1 Å². The number of amides is 1. The van der Waals surface area contributed by atoms with Crippen LogP contribution >= 0.6 is 11.6 Å². The minimum atomic E-state index is -0.144. The van der Waals surface area contributed by atoms with E-state index < -0.39 is 0 Å². The molecule has 0 bridgehead atoms. The quantitative estimate of drug-likeness (QED) is 0.486. The van der Waals surface area contributed by atoms with Crippen LogP contribution in [0.1, 0.15) is 6.92 Å². The van der Waals surface area contributed by atoms with Crippen LogP contribution in [-0.4, -0.2) is 16.1 Å². The molecule has 0 radical (unpaired) electrons. The molecule has 1 heterocycles. The number of rotatable bonds is 4. The van der Waals surface area contributed by atoms with Crippen LogP contribution in [0.5, 0.6) is 11.6 Å².